The summed E-state index contributed by atoms with van der Waals surface area (Å²) in [5, 5.41) is 0. The molecule has 0 aliphatic carbocycles. The fourth-order valence-electron chi connectivity index (χ4n) is 1.57. The van der Waals surface area contributed by atoms with Crippen LogP contribution in [0.25, 0.3) is 0 Å². The van der Waals surface area contributed by atoms with E-state index >= 15 is 0 Å². The average Bonchev–Trinajstić information content (AvgIpc) is 2.30. The molecule has 0 fully saturated rings. The van der Waals surface area contributed by atoms with Crippen molar-refractivity contribution in [2.45, 2.75) is 34.1 Å². The first-order valence-electron chi connectivity index (χ1n) is 5.91. The fraction of sp³-hybridized carbons (Fsp3) is 0.333. The summed E-state index contributed by atoms with van der Waals surface area (Å²) in [7, 11) is 0. The highest BCUT2D eigenvalue weighted by Gasteiger charge is 1.90. The van der Waals surface area contributed by atoms with Crippen LogP contribution in [0.5, 0.6) is 0 Å². The van der Waals surface area contributed by atoms with E-state index in [1.807, 2.05) is 44.7 Å². The zero-order chi connectivity index (χ0) is 12.7. The molecule has 0 unspecified atom stereocenters. The number of aryl methyl sites for hydroxylation is 4. The van der Waals surface area contributed by atoms with E-state index in [1.165, 1.54) is 22.3 Å². The van der Waals surface area contributed by atoms with Crippen LogP contribution in [0.15, 0.2) is 36.9 Å². The Morgan fingerprint density at radius 3 is 1.94 bits per heavy atom. The van der Waals surface area contributed by atoms with Gasteiger partial charge in [-0.15, -0.1) is 0 Å². The molecule has 0 saturated heterocycles. The minimum Gasteiger partial charge on any atom is -0.264 e. The third kappa shape index (κ3) is 4.77. The Hall–Kier alpha value is -1.70. The van der Waals surface area contributed by atoms with Gasteiger partial charge in [0.1, 0.15) is 0 Å². The molecule has 0 amide bonds. The Morgan fingerprint density at radius 2 is 1.59 bits per heavy atom. The van der Waals surface area contributed by atoms with E-state index < -0.39 is 0 Å². The molecule has 0 radical (unpaired) electrons. The molecule has 0 aliphatic heterocycles. The summed E-state index contributed by atoms with van der Waals surface area (Å²) in [6, 6.07) is 4.14. The lowest BCUT2D eigenvalue weighted by atomic mass is 10.1. The van der Waals surface area contributed by atoms with Gasteiger partial charge in [0.05, 0.1) is 0 Å². The van der Waals surface area contributed by atoms with E-state index in [9.17, 15) is 0 Å². The van der Waals surface area contributed by atoms with Crippen molar-refractivity contribution >= 4 is 0 Å². The smallest absolute Gasteiger partial charge is 0.0302 e. The molecule has 0 saturated carbocycles. The number of rotatable bonds is 1. The van der Waals surface area contributed by atoms with Gasteiger partial charge in [0.15, 0.2) is 0 Å². The topological polar surface area (TPSA) is 25.8 Å². The van der Waals surface area contributed by atoms with E-state index in [-0.39, 0.29) is 0 Å². The lowest BCUT2D eigenvalue weighted by molar-refractivity contribution is 1.07. The summed E-state index contributed by atoms with van der Waals surface area (Å²) >= 11 is 0. The average molecular weight is 228 g/mol. The van der Waals surface area contributed by atoms with Crippen LogP contribution in [0.3, 0.4) is 0 Å². The molecular weight excluding hydrogens is 208 g/mol. The van der Waals surface area contributed by atoms with Gasteiger partial charge in [-0.3, -0.25) is 9.97 Å². The number of nitrogens with zero attached hydrogens (tertiary/aromatic N) is 2. The summed E-state index contributed by atoms with van der Waals surface area (Å²) in [6.07, 6.45) is 8.55. The molecule has 2 nitrogen and oxygen atoms in total. The van der Waals surface area contributed by atoms with E-state index in [0.717, 1.165) is 6.42 Å². The first-order valence-corrected chi connectivity index (χ1v) is 5.91. The molecule has 0 atom stereocenters. The second kappa shape index (κ2) is 6.79. The van der Waals surface area contributed by atoms with Crippen molar-refractivity contribution in [2.24, 2.45) is 0 Å². The molecule has 0 aliphatic rings. The summed E-state index contributed by atoms with van der Waals surface area (Å²) in [5.74, 6) is 0. The van der Waals surface area contributed by atoms with Crippen LogP contribution in [0.1, 0.15) is 29.2 Å². The van der Waals surface area contributed by atoms with E-state index in [2.05, 4.69) is 29.9 Å². The lowest BCUT2D eigenvalue weighted by Gasteiger charge is -1.97. The molecule has 0 bridgehead atoms. The van der Waals surface area contributed by atoms with Crippen LogP contribution in [-0.2, 0) is 6.42 Å². The van der Waals surface area contributed by atoms with Gasteiger partial charge in [0.2, 0.25) is 0 Å². The monoisotopic (exact) mass is 228 g/mol. The highest BCUT2D eigenvalue weighted by molar-refractivity contribution is 5.20. The van der Waals surface area contributed by atoms with Crippen LogP contribution < -0.4 is 0 Å². The van der Waals surface area contributed by atoms with Crippen molar-refractivity contribution in [2.75, 3.05) is 0 Å². The van der Waals surface area contributed by atoms with Crippen LogP contribution in [0.4, 0.5) is 0 Å². The van der Waals surface area contributed by atoms with E-state index in [1.54, 1.807) is 0 Å². The largest absolute Gasteiger partial charge is 0.264 e. The van der Waals surface area contributed by atoms with Gasteiger partial charge in [-0.1, -0.05) is 13.0 Å². The zero-order valence-electron chi connectivity index (χ0n) is 11.1. The van der Waals surface area contributed by atoms with Crippen molar-refractivity contribution in [1.82, 2.24) is 9.97 Å². The van der Waals surface area contributed by atoms with Crippen LogP contribution in [-0.4, -0.2) is 9.97 Å². The summed E-state index contributed by atoms with van der Waals surface area (Å²) in [4.78, 5) is 8.00. The molecule has 2 aromatic rings. The molecule has 2 aromatic heterocycles. The number of aromatic nitrogens is 2. The maximum atomic E-state index is 4.02. The summed E-state index contributed by atoms with van der Waals surface area (Å²) in [5.41, 5.74) is 5.14. The normalized spacial score (nSPS) is 9.41. The van der Waals surface area contributed by atoms with Gasteiger partial charge >= 0.3 is 0 Å². The van der Waals surface area contributed by atoms with Gasteiger partial charge < -0.3 is 0 Å². The molecule has 2 heteroatoms. The molecule has 0 spiro atoms. The van der Waals surface area contributed by atoms with Gasteiger partial charge in [-0.05, 0) is 55.5 Å². The Labute approximate surface area is 104 Å². The van der Waals surface area contributed by atoms with Crippen LogP contribution >= 0.6 is 0 Å². The second-order valence-electron chi connectivity index (χ2n) is 4.20. The molecule has 0 aromatic carbocycles. The minimum atomic E-state index is 1.08. The van der Waals surface area contributed by atoms with Gasteiger partial charge in [-0.2, -0.15) is 0 Å². The number of hydrogen-bond acceptors (Lipinski definition) is 2. The van der Waals surface area contributed by atoms with Crippen molar-refractivity contribution in [3.05, 3.63) is 59.2 Å². The number of hydrogen-bond donors (Lipinski definition) is 0. The zero-order valence-corrected chi connectivity index (χ0v) is 11.1. The van der Waals surface area contributed by atoms with Crippen LogP contribution in [0, 0.1) is 20.8 Å². The number of pyridine rings is 2. The molecule has 2 heterocycles. The molecular formula is C15H20N2. The molecule has 90 valence electrons. The lowest BCUT2D eigenvalue weighted by Crippen LogP contribution is -1.85. The highest BCUT2D eigenvalue weighted by Crippen LogP contribution is 2.03. The molecule has 17 heavy (non-hydrogen) atoms. The van der Waals surface area contributed by atoms with E-state index in [4.69, 9.17) is 0 Å². The highest BCUT2D eigenvalue weighted by atomic mass is 14.6. The SMILES string of the molecule is CCc1cnccc1C.Cc1cncc(C)c1. The Balaban J connectivity index is 0.000000171. The molecule has 2 rings (SSSR count). The maximum absolute atomic E-state index is 4.02. The van der Waals surface area contributed by atoms with Crippen molar-refractivity contribution < 1.29 is 0 Å². The maximum Gasteiger partial charge on any atom is 0.0302 e. The van der Waals surface area contributed by atoms with Crippen molar-refractivity contribution in [1.29, 1.82) is 0 Å². The Bertz CT molecular complexity index is 447. The van der Waals surface area contributed by atoms with Crippen molar-refractivity contribution in [3.8, 4) is 0 Å². The molecule has 0 N–H and O–H groups in total. The summed E-state index contributed by atoms with van der Waals surface area (Å²) < 4.78 is 0. The predicted octanol–water partition coefficient (Wildman–Crippen LogP) is 3.65. The van der Waals surface area contributed by atoms with Gasteiger partial charge in [0, 0.05) is 24.8 Å². The third-order valence-electron chi connectivity index (χ3n) is 2.54. The Morgan fingerprint density at radius 1 is 0.941 bits per heavy atom. The third-order valence-corrected chi connectivity index (χ3v) is 2.54. The van der Waals surface area contributed by atoms with Gasteiger partial charge in [0.25, 0.3) is 0 Å². The first-order chi connectivity index (χ1) is 8.13. The van der Waals surface area contributed by atoms with Crippen LogP contribution in [0.2, 0.25) is 0 Å². The van der Waals surface area contributed by atoms with Gasteiger partial charge in [-0.25, -0.2) is 0 Å². The Kier molecular flexibility index (Phi) is 5.34. The predicted molar refractivity (Wildman–Crippen MR) is 72.1 cm³/mol. The quantitative estimate of drug-likeness (QED) is 0.744. The second-order valence-corrected chi connectivity index (χ2v) is 4.20. The fourth-order valence-corrected chi connectivity index (χ4v) is 1.57. The summed E-state index contributed by atoms with van der Waals surface area (Å²) in [6.45, 7) is 8.34. The minimum absolute atomic E-state index is 1.08. The standard InChI is InChI=1S/C8H11N.C7H9N/c1-3-8-6-9-5-4-7(8)2;1-6-3-7(2)5-8-4-6/h4-6H,3H2,1-2H3;3-5H,1-2H3. The van der Waals surface area contributed by atoms with Crippen molar-refractivity contribution in [3.63, 3.8) is 0 Å². The van der Waals surface area contributed by atoms with E-state index in [0.29, 0.717) is 0 Å². The first kappa shape index (κ1) is 13.4.